The Morgan fingerprint density at radius 2 is 1.73 bits per heavy atom. The minimum Gasteiger partial charge on any atom is -0.495 e. The van der Waals surface area contributed by atoms with Crippen LogP contribution in [0.2, 0.25) is 0 Å². The zero-order valence-corrected chi connectivity index (χ0v) is 12.8. The van der Waals surface area contributed by atoms with E-state index in [1.807, 2.05) is 29.2 Å². The maximum atomic E-state index is 14.1. The molecule has 2 heterocycles. The fourth-order valence-corrected chi connectivity index (χ4v) is 2.72. The number of halogens is 1. The zero-order valence-electron chi connectivity index (χ0n) is 12.8. The van der Waals surface area contributed by atoms with E-state index in [2.05, 4.69) is 14.9 Å². The van der Waals surface area contributed by atoms with Crippen LogP contribution < -0.4 is 14.5 Å². The molecule has 6 heteroatoms. The first-order valence-corrected chi connectivity index (χ1v) is 7.30. The Kier molecular flexibility index (Phi) is 4.09. The summed E-state index contributed by atoms with van der Waals surface area (Å²) in [4.78, 5) is 12.2. The van der Waals surface area contributed by atoms with Gasteiger partial charge >= 0.3 is 0 Å². The van der Waals surface area contributed by atoms with Crippen molar-refractivity contribution >= 4 is 11.5 Å². The van der Waals surface area contributed by atoms with Crippen LogP contribution in [0.25, 0.3) is 0 Å². The first-order valence-electron chi connectivity index (χ1n) is 7.30. The van der Waals surface area contributed by atoms with Crippen molar-refractivity contribution in [2.45, 2.75) is 6.92 Å². The molecular weight excluding hydrogens is 283 g/mol. The molecule has 0 saturated carbocycles. The van der Waals surface area contributed by atoms with Crippen LogP contribution in [0, 0.1) is 12.7 Å². The van der Waals surface area contributed by atoms with Crippen molar-refractivity contribution in [2.24, 2.45) is 0 Å². The van der Waals surface area contributed by atoms with E-state index in [0.29, 0.717) is 24.6 Å². The first kappa shape index (κ1) is 14.6. The van der Waals surface area contributed by atoms with Crippen molar-refractivity contribution in [1.82, 2.24) is 9.97 Å². The van der Waals surface area contributed by atoms with Gasteiger partial charge in [-0.25, -0.2) is 14.4 Å². The lowest BCUT2D eigenvalue weighted by atomic mass is 10.2. The number of hydrogen-bond donors (Lipinski definition) is 0. The Bertz CT molecular complexity index is 656. The molecule has 116 valence electrons. The van der Waals surface area contributed by atoms with Crippen LogP contribution in [-0.4, -0.2) is 43.3 Å². The Morgan fingerprint density at radius 1 is 1.05 bits per heavy atom. The molecule has 0 atom stereocenters. The molecule has 1 aromatic heterocycles. The summed E-state index contributed by atoms with van der Waals surface area (Å²) >= 11 is 0. The predicted octanol–water partition coefficient (Wildman–Crippen LogP) is 2.26. The van der Waals surface area contributed by atoms with Gasteiger partial charge in [0.05, 0.1) is 18.5 Å². The Labute approximate surface area is 129 Å². The minimum absolute atomic E-state index is 0.326. The van der Waals surface area contributed by atoms with E-state index in [4.69, 9.17) is 4.74 Å². The van der Waals surface area contributed by atoms with Crippen molar-refractivity contribution in [3.05, 3.63) is 42.1 Å². The van der Waals surface area contributed by atoms with Crippen LogP contribution in [0.3, 0.4) is 0 Å². The number of nitrogens with zero attached hydrogens (tertiary/aromatic N) is 4. The molecule has 1 aliphatic rings. The molecule has 0 unspecified atom stereocenters. The van der Waals surface area contributed by atoms with Gasteiger partial charge in [0.25, 0.3) is 0 Å². The normalized spacial score (nSPS) is 15.0. The second-order valence-corrected chi connectivity index (χ2v) is 5.24. The maximum Gasteiger partial charge on any atom is 0.186 e. The standard InChI is InChI=1S/C16H19FN4O/c1-12-15(17)16(19-11-18-12)21-9-7-20(8-10-21)13-5-3-4-6-14(13)22-2/h3-6,11H,7-10H2,1-2H3. The van der Waals surface area contributed by atoms with Crippen LogP contribution in [0.4, 0.5) is 15.9 Å². The van der Waals surface area contributed by atoms with Gasteiger partial charge in [-0.1, -0.05) is 12.1 Å². The fourth-order valence-electron chi connectivity index (χ4n) is 2.72. The van der Waals surface area contributed by atoms with E-state index < -0.39 is 0 Å². The van der Waals surface area contributed by atoms with Crippen molar-refractivity contribution < 1.29 is 9.13 Å². The van der Waals surface area contributed by atoms with E-state index in [9.17, 15) is 4.39 Å². The van der Waals surface area contributed by atoms with Gasteiger partial charge in [0.2, 0.25) is 0 Å². The maximum absolute atomic E-state index is 14.1. The highest BCUT2D eigenvalue weighted by atomic mass is 19.1. The summed E-state index contributed by atoms with van der Waals surface area (Å²) in [5.74, 6) is 0.931. The number of hydrogen-bond acceptors (Lipinski definition) is 5. The topological polar surface area (TPSA) is 41.5 Å². The van der Waals surface area contributed by atoms with Crippen LogP contribution in [-0.2, 0) is 0 Å². The van der Waals surface area contributed by atoms with Crippen molar-refractivity contribution in [2.75, 3.05) is 43.1 Å². The minimum atomic E-state index is -0.326. The zero-order chi connectivity index (χ0) is 15.5. The number of piperazine rings is 1. The summed E-state index contributed by atoms with van der Waals surface area (Å²) < 4.78 is 19.5. The van der Waals surface area contributed by atoms with E-state index in [-0.39, 0.29) is 5.82 Å². The van der Waals surface area contributed by atoms with Gasteiger partial charge in [-0.05, 0) is 19.1 Å². The predicted molar refractivity (Wildman–Crippen MR) is 84.1 cm³/mol. The molecule has 0 radical (unpaired) electrons. The molecular formula is C16H19FN4O. The summed E-state index contributed by atoms with van der Waals surface area (Å²) in [5, 5.41) is 0. The molecule has 0 aliphatic carbocycles. The average Bonchev–Trinajstić information content (AvgIpc) is 2.57. The smallest absolute Gasteiger partial charge is 0.186 e. The van der Waals surface area contributed by atoms with E-state index >= 15 is 0 Å². The van der Waals surface area contributed by atoms with Gasteiger partial charge in [0.1, 0.15) is 12.1 Å². The molecule has 0 N–H and O–H groups in total. The van der Waals surface area contributed by atoms with Gasteiger partial charge in [-0.15, -0.1) is 0 Å². The molecule has 0 spiro atoms. The van der Waals surface area contributed by atoms with Crippen LogP contribution >= 0.6 is 0 Å². The second kappa shape index (κ2) is 6.17. The molecule has 0 bridgehead atoms. The third-order valence-corrected chi connectivity index (χ3v) is 3.95. The monoisotopic (exact) mass is 302 g/mol. The number of para-hydroxylation sites is 2. The molecule has 22 heavy (non-hydrogen) atoms. The number of methoxy groups -OCH3 is 1. The van der Waals surface area contributed by atoms with Gasteiger partial charge in [0.15, 0.2) is 11.6 Å². The van der Waals surface area contributed by atoms with Gasteiger partial charge < -0.3 is 14.5 Å². The van der Waals surface area contributed by atoms with Crippen molar-refractivity contribution in [3.63, 3.8) is 0 Å². The summed E-state index contributed by atoms with van der Waals surface area (Å²) in [6.07, 6.45) is 1.42. The first-order chi connectivity index (χ1) is 10.7. The van der Waals surface area contributed by atoms with E-state index in [1.54, 1.807) is 14.0 Å². The molecule has 1 saturated heterocycles. The number of ether oxygens (including phenoxy) is 1. The third-order valence-electron chi connectivity index (χ3n) is 3.95. The number of rotatable bonds is 3. The van der Waals surface area contributed by atoms with Gasteiger partial charge in [-0.3, -0.25) is 0 Å². The van der Waals surface area contributed by atoms with Crippen LogP contribution in [0.15, 0.2) is 30.6 Å². The summed E-state index contributed by atoms with van der Waals surface area (Å²) in [7, 11) is 1.67. The molecule has 3 rings (SSSR count). The van der Waals surface area contributed by atoms with Gasteiger partial charge in [-0.2, -0.15) is 0 Å². The lowest BCUT2D eigenvalue weighted by Gasteiger charge is -2.37. The molecule has 1 aromatic carbocycles. The highest BCUT2D eigenvalue weighted by molar-refractivity contribution is 5.59. The largest absolute Gasteiger partial charge is 0.495 e. The second-order valence-electron chi connectivity index (χ2n) is 5.24. The quantitative estimate of drug-likeness (QED) is 0.870. The van der Waals surface area contributed by atoms with Gasteiger partial charge in [0, 0.05) is 26.2 Å². The molecule has 1 aliphatic heterocycles. The van der Waals surface area contributed by atoms with E-state index in [0.717, 1.165) is 24.5 Å². The molecule has 0 amide bonds. The Hall–Kier alpha value is -2.37. The fraction of sp³-hybridized carbons (Fsp3) is 0.375. The van der Waals surface area contributed by atoms with E-state index in [1.165, 1.54) is 6.33 Å². The van der Waals surface area contributed by atoms with Crippen molar-refractivity contribution in [1.29, 1.82) is 0 Å². The SMILES string of the molecule is COc1ccccc1N1CCN(c2ncnc(C)c2F)CC1. The summed E-state index contributed by atoms with van der Waals surface area (Å²) in [6, 6.07) is 7.95. The number of benzene rings is 1. The number of aromatic nitrogens is 2. The summed E-state index contributed by atoms with van der Waals surface area (Å²) in [5.41, 5.74) is 1.46. The highest BCUT2D eigenvalue weighted by Gasteiger charge is 2.23. The van der Waals surface area contributed by atoms with Crippen LogP contribution in [0.1, 0.15) is 5.69 Å². The van der Waals surface area contributed by atoms with Crippen LogP contribution in [0.5, 0.6) is 5.75 Å². The number of aryl methyl sites for hydroxylation is 1. The Morgan fingerprint density at radius 3 is 2.45 bits per heavy atom. The highest BCUT2D eigenvalue weighted by Crippen LogP contribution is 2.29. The molecule has 1 fully saturated rings. The average molecular weight is 302 g/mol. The summed E-state index contributed by atoms with van der Waals surface area (Å²) in [6.45, 7) is 4.67. The third kappa shape index (κ3) is 2.68. The molecule has 2 aromatic rings. The van der Waals surface area contributed by atoms with Crippen molar-refractivity contribution in [3.8, 4) is 5.75 Å². The lowest BCUT2D eigenvalue weighted by Crippen LogP contribution is -2.47. The number of anilines is 2. The lowest BCUT2D eigenvalue weighted by molar-refractivity contribution is 0.413. The Balaban J connectivity index is 1.74. The molecule has 5 nitrogen and oxygen atoms in total.